The standard InChI is InChI=1S/C11H20.2C5H10.4CH3.2Fe/c1-2-6-10(5-1)9-11-7-3-4-8-11;2*1-2-4-5-3-1;;;;;;/h10-11H,1-9H2;2*1-5H2;4*1H3;;/q;;;4*-1;2*+2. The molecule has 0 amide bonds. The van der Waals surface area contributed by atoms with Crippen LogP contribution in [0.15, 0.2) is 0 Å². The van der Waals surface area contributed by atoms with Crippen LogP contribution in [0.3, 0.4) is 0 Å². The molecule has 0 atom stereocenters. The second kappa shape index (κ2) is 27.0. The normalized spacial score (nSPS) is 20.4. The molecule has 0 spiro atoms. The van der Waals surface area contributed by atoms with E-state index >= 15 is 0 Å². The van der Waals surface area contributed by atoms with Crippen molar-refractivity contribution >= 4 is 0 Å². The zero-order valence-corrected chi connectivity index (χ0v) is 21.5. The summed E-state index contributed by atoms with van der Waals surface area (Å²) in [6.07, 6.45) is 28.9. The van der Waals surface area contributed by atoms with Crippen LogP contribution in [0.25, 0.3) is 0 Å². The van der Waals surface area contributed by atoms with Crippen molar-refractivity contribution in [2.45, 2.75) is 122 Å². The van der Waals surface area contributed by atoms with Gasteiger partial charge in [0, 0.05) is 0 Å². The van der Waals surface area contributed by atoms with Gasteiger partial charge in [-0.1, -0.05) is 116 Å². The summed E-state index contributed by atoms with van der Waals surface area (Å²) >= 11 is 0. The van der Waals surface area contributed by atoms with E-state index in [2.05, 4.69) is 0 Å². The summed E-state index contributed by atoms with van der Waals surface area (Å²) in [4.78, 5) is 0. The van der Waals surface area contributed by atoms with Crippen molar-refractivity contribution in [1.29, 1.82) is 0 Å². The molecule has 2 heteroatoms. The first-order valence-corrected chi connectivity index (χ1v) is 10.4. The third-order valence-electron chi connectivity index (χ3n) is 6.12. The molecule has 0 aliphatic heterocycles. The van der Waals surface area contributed by atoms with Gasteiger partial charge >= 0.3 is 34.1 Å². The molecule has 0 aromatic carbocycles. The molecule has 0 bridgehead atoms. The molecule has 4 aliphatic rings. The van der Waals surface area contributed by atoms with Crippen molar-refractivity contribution in [3.05, 3.63) is 29.7 Å². The summed E-state index contributed by atoms with van der Waals surface area (Å²) in [7, 11) is 0. The maximum atomic E-state index is 1.58. The Kier molecular flexibility index (Phi) is 38.7. The topological polar surface area (TPSA) is 0 Å². The summed E-state index contributed by atoms with van der Waals surface area (Å²) in [5, 5.41) is 0. The van der Waals surface area contributed by atoms with E-state index < -0.39 is 0 Å². The van der Waals surface area contributed by atoms with Crippen LogP contribution in [0.4, 0.5) is 0 Å². The molecule has 0 saturated heterocycles. The molecule has 0 heterocycles. The number of hydrogen-bond acceptors (Lipinski definition) is 0. The van der Waals surface area contributed by atoms with E-state index in [0.717, 1.165) is 11.8 Å². The molecule has 4 saturated carbocycles. The molecule has 0 aromatic heterocycles. The zero-order valence-electron chi connectivity index (χ0n) is 19.3. The van der Waals surface area contributed by atoms with Gasteiger partial charge in [-0.2, -0.15) is 0 Å². The third-order valence-corrected chi connectivity index (χ3v) is 6.12. The minimum absolute atomic E-state index is 0. The van der Waals surface area contributed by atoms with Crippen molar-refractivity contribution < 1.29 is 34.1 Å². The minimum Gasteiger partial charge on any atom is -0.358 e. The van der Waals surface area contributed by atoms with E-state index in [1.54, 1.807) is 32.1 Å². The van der Waals surface area contributed by atoms with Crippen LogP contribution in [0, 0.1) is 41.5 Å². The fourth-order valence-corrected chi connectivity index (χ4v) is 4.73. The van der Waals surface area contributed by atoms with Gasteiger partial charge in [-0.3, -0.25) is 0 Å². The fourth-order valence-electron chi connectivity index (χ4n) is 4.73. The maximum Gasteiger partial charge on any atom is 2.00 e. The molecule has 4 rings (SSSR count). The van der Waals surface area contributed by atoms with E-state index in [4.69, 9.17) is 0 Å². The fraction of sp³-hybridized carbons (Fsp3) is 0.840. The van der Waals surface area contributed by atoms with E-state index in [0.29, 0.717) is 0 Å². The van der Waals surface area contributed by atoms with Crippen LogP contribution in [0.5, 0.6) is 0 Å². The second-order valence-corrected chi connectivity index (χ2v) is 8.07. The van der Waals surface area contributed by atoms with Gasteiger partial charge in [0.05, 0.1) is 0 Å². The summed E-state index contributed by atoms with van der Waals surface area (Å²) in [5.41, 5.74) is 0. The first-order valence-electron chi connectivity index (χ1n) is 10.4. The van der Waals surface area contributed by atoms with Crippen LogP contribution < -0.4 is 0 Å². The Morgan fingerprint density at radius 3 is 0.704 bits per heavy atom. The molecule has 0 unspecified atom stereocenters. The van der Waals surface area contributed by atoms with Gasteiger partial charge in [0.15, 0.2) is 0 Å². The van der Waals surface area contributed by atoms with Gasteiger partial charge in [-0.15, -0.1) is 0 Å². The summed E-state index contributed by atoms with van der Waals surface area (Å²) < 4.78 is 0. The molecule has 0 N–H and O–H groups in total. The molecule has 168 valence electrons. The summed E-state index contributed by atoms with van der Waals surface area (Å²) in [6.45, 7) is 0. The van der Waals surface area contributed by atoms with Gasteiger partial charge in [0.25, 0.3) is 0 Å². The minimum atomic E-state index is 0. The van der Waals surface area contributed by atoms with E-state index in [1.807, 2.05) is 0 Å². The summed E-state index contributed by atoms with van der Waals surface area (Å²) in [5.74, 6) is 2.27. The van der Waals surface area contributed by atoms with Gasteiger partial charge in [-0.25, -0.2) is 0 Å². The zero-order chi connectivity index (χ0) is 14.6. The van der Waals surface area contributed by atoms with Gasteiger partial charge in [-0.05, 0) is 18.3 Å². The Morgan fingerprint density at radius 1 is 0.333 bits per heavy atom. The van der Waals surface area contributed by atoms with Crippen LogP contribution >= 0.6 is 0 Å². The quantitative estimate of drug-likeness (QED) is 0.282. The summed E-state index contributed by atoms with van der Waals surface area (Å²) in [6, 6.07) is 0. The Labute approximate surface area is 197 Å². The van der Waals surface area contributed by atoms with Crippen molar-refractivity contribution in [2.75, 3.05) is 0 Å². The molecule has 0 aromatic rings. The van der Waals surface area contributed by atoms with Crippen LogP contribution in [-0.2, 0) is 34.1 Å². The van der Waals surface area contributed by atoms with Crippen molar-refractivity contribution in [2.24, 2.45) is 11.8 Å². The average molecular weight is 464 g/mol. The van der Waals surface area contributed by atoms with E-state index in [9.17, 15) is 0 Å². The SMILES string of the molecule is C1CCC(CC2CCCC2)C1.C1CCCC1.C1CCCC1.[CH3-].[CH3-].[CH3-].[CH3-].[Fe+2].[Fe+2]. The van der Waals surface area contributed by atoms with Crippen LogP contribution in [-0.4, -0.2) is 0 Å². The van der Waals surface area contributed by atoms with Crippen molar-refractivity contribution in [3.8, 4) is 0 Å². The second-order valence-electron chi connectivity index (χ2n) is 8.07. The number of rotatable bonds is 2. The van der Waals surface area contributed by atoms with Crippen LogP contribution in [0.1, 0.15) is 122 Å². The predicted molar refractivity (Wildman–Crippen MR) is 120 cm³/mol. The van der Waals surface area contributed by atoms with E-state index in [1.165, 1.54) is 89.9 Å². The third kappa shape index (κ3) is 20.1. The van der Waals surface area contributed by atoms with Crippen LogP contribution in [0.2, 0.25) is 0 Å². The van der Waals surface area contributed by atoms with E-state index in [-0.39, 0.29) is 63.8 Å². The van der Waals surface area contributed by atoms with Gasteiger partial charge in [0.1, 0.15) is 0 Å². The number of hydrogen-bond donors (Lipinski definition) is 0. The Bertz CT molecular complexity index is 183. The average Bonchev–Trinajstić information content (AvgIpc) is 3.30. The van der Waals surface area contributed by atoms with Gasteiger partial charge < -0.3 is 29.7 Å². The van der Waals surface area contributed by atoms with Gasteiger partial charge in [0.2, 0.25) is 0 Å². The molecule has 4 fully saturated rings. The molecule has 27 heavy (non-hydrogen) atoms. The Balaban J connectivity index is -0.0000000883. The maximum absolute atomic E-state index is 1.58. The molecule has 0 nitrogen and oxygen atoms in total. The molecule has 4 aliphatic carbocycles. The molecular weight excluding hydrogens is 412 g/mol. The van der Waals surface area contributed by atoms with Crippen molar-refractivity contribution in [1.82, 2.24) is 0 Å². The Hall–Kier alpha value is 1.04. The predicted octanol–water partition coefficient (Wildman–Crippen LogP) is 9.45. The first-order chi connectivity index (χ1) is 10.4. The monoisotopic (exact) mass is 464 g/mol. The first kappa shape index (κ1) is 38.6. The smallest absolute Gasteiger partial charge is 0.358 e. The Morgan fingerprint density at radius 2 is 0.519 bits per heavy atom. The largest absolute Gasteiger partial charge is 2.00 e. The molecule has 0 radical (unpaired) electrons. The van der Waals surface area contributed by atoms with Crippen molar-refractivity contribution in [3.63, 3.8) is 0 Å². The molecular formula is C25H52Fe2.